The molecule has 0 bridgehead atoms. The molecular weight excluding hydrogens is 331 g/mol. The van der Waals surface area contributed by atoms with Crippen LogP contribution in [0.3, 0.4) is 0 Å². The lowest BCUT2D eigenvalue weighted by molar-refractivity contribution is 0.365. The number of hydrogen-bond donors (Lipinski definition) is 0. The molecule has 1 aliphatic rings. The molecule has 2 heterocycles. The third-order valence-corrected chi connectivity index (χ3v) is 6.34. The molecule has 0 N–H and O–H groups in total. The smallest absolute Gasteiger partial charge is 0.152 e. The summed E-state index contributed by atoms with van der Waals surface area (Å²) in [6.45, 7) is 1.97. The second kappa shape index (κ2) is 5.14. The number of rotatable bonds is 3. The predicted octanol–water partition coefficient (Wildman–Crippen LogP) is 3.00. The summed E-state index contributed by atoms with van der Waals surface area (Å²) in [4.78, 5) is 4.61. The van der Waals surface area contributed by atoms with Gasteiger partial charge >= 0.3 is 0 Å². The Labute approximate surface area is 134 Å². The molecule has 1 unspecified atom stereocenters. The van der Waals surface area contributed by atoms with Crippen molar-refractivity contribution in [2.75, 3.05) is 17.4 Å². The number of fused-ring (bicyclic) bond motifs is 1. The Bertz CT molecular complexity index is 801. The largest absolute Gasteiger partial charge is 0.321 e. The Balaban J connectivity index is 2.24. The van der Waals surface area contributed by atoms with E-state index in [-0.39, 0.29) is 11.5 Å². The fourth-order valence-electron chi connectivity index (χ4n) is 3.12. The summed E-state index contributed by atoms with van der Waals surface area (Å²) in [5.74, 6) is 1.61. The second-order valence-corrected chi connectivity index (χ2v) is 8.77. The Hall–Kier alpha value is -0.780. The SMILES string of the molecule is CC1(n2c(CCCl)nc3ccc(Cl)cc32)CCS(=O)(=O)C1. The lowest BCUT2D eigenvalue weighted by Crippen LogP contribution is -2.33. The van der Waals surface area contributed by atoms with Crippen molar-refractivity contribution in [3.05, 3.63) is 29.0 Å². The Morgan fingerprint density at radius 2 is 2.19 bits per heavy atom. The minimum atomic E-state index is -3.01. The first-order chi connectivity index (χ1) is 9.85. The zero-order chi connectivity index (χ0) is 15.3. The van der Waals surface area contributed by atoms with E-state index in [4.69, 9.17) is 23.2 Å². The monoisotopic (exact) mass is 346 g/mol. The lowest BCUT2D eigenvalue weighted by Gasteiger charge is -2.27. The van der Waals surface area contributed by atoms with Crippen molar-refractivity contribution >= 4 is 44.1 Å². The average Bonchev–Trinajstić information content (AvgIpc) is 2.87. The molecule has 1 aromatic heterocycles. The topological polar surface area (TPSA) is 52.0 Å². The van der Waals surface area contributed by atoms with Crippen LogP contribution in [0.15, 0.2) is 18.2 Å². The third-order valence-electron chi connectivity index (χ3n) is 4.03. The number of alkyl halides is 1. The van der Waals surface area contributed by atoms with Crippen LogP contribution in [-0.2, 0) is 21.8 Å². The van der Waals surface area contributed by atoms with Gasteiger partial charge in [-0.05, 0) is 31.5 Å². The van der Waals surface area contributed by atoms with Crippen LogP contribution in [0.2, 0.25) is 5.02 Å². The van der Waals surface area contributed by atoms with Crippen molar-refractivity contribution in [1.82, 2.24) is 9.55 Å². The molecular formula is C14H16Cl2N2O2S. The third kappa shape index (κ3) is 2.67. The van der Waals surface area contributed by atoms with Crippen molar-refractivity contribution in [1.29, 1.82) is 0 Å². The van der Waals surface area contributed by atoms with E-state index in [9.17, 15) is 8.42 Å². The predicted molar refractivity (Wildman–Crippen MR) is 86.1 cm³/mol. The van der Waals surface area contributed by atoms with Crippen molar-refractivity contribution in [2.45, 2.75) is 25.3 Å². The Morgan fingerprint density at radius 1 is 1.43 bits per heavy atom. The number of nitrogens with zero attached hydrogens (tertiary/aromatic N) is 2. The summed E-state index contributed by atoms with van der Waals surface area (Å²) in [6, 6.07) is 5.50. The molecule has 4 nitrogen and oxygen atoms in total. The molecule has 2 aromatic rings. The average molecular weight is 347 g/mol. The van der Waals surface area contributed by atoms with Crippen LogP contribution in [-0.4, -0.2) is 35.4 Å². The van der Waals surface area contributed by atoms with E-state index in [2.05, 4.69) is 4.98 Å². The summed E-state index contributed by atoms with van der Waals surface area (Å²) in [5.41, 5.74) is 1.21. The number of imidazole rings is 1. The van der Waals surface area contributed by atoms with E-state index in [1.54, 1.807) is 6.07 Å². The molecule has 0 saturated carbocycles. The zero-order valence-electron chi connectivity index (χ0n) is 11.6. The molecule has 1 atom stereocenters. The van der Waals surface area contributed by atoms with Gasteiger partial charge < -0.3 is 4.57 Å². The quantitative estimate of drug-likeness (QED) is 0.802. The van der Waals surface area contributed by atoms with Gasteiger partial charge in [0.2, 0.25) is 0 Å². The molecule has 0 aliphatic carbocycles. The molecule has 0 amide bonds. The molecule has 0 spiro atoms. The highest BCUT2D eigenvalue weighted by atomic mass is 35.5. The normalized spacial score (nSPS) is 24.7. The summed E-state index contributed by atoms with van der Waals surface area (Å²) in [5, 5.41) is 0.616. The highest BCUT2D eigenvalue weighted by Crippen LogP contribution is 2.36. The van der Waals surface area contributed by atoms with E-state index < -0.39 is 15.4 Å². The molecule has 1 aliphatic heterocycles. The Morgan fingerprint density at radius 3 is 2.81 bits per heavy atom. The number of benzene rings is 1. The second-order valence-electron chi connectivity index (χ2n) is 5.77. The highest BCUT2D eigenvalue weighted by Gasteiger charge is 2.41. The maximum absolute atomic E-state index is 11.9. The molecule has 1 aromatic carbocycles. The van der Waals surface area contributed by atoms with Gasteiger partial charge in [0.15, 0.2) is 9.84 Å². The standard InChI is InChI=1S/C14H16Cl2N2O2S/c1-14(5-7-21(19,20)9-14)18-12-8-10(16)2-3-11(12)17-13(18)4-6-15/h2-3,8H,4-7,9H2,1H3. The van der Waals surface area contributed by atoms with Crippen LogP contribution >= 0.6 is 23.2 Å². The molecule has 21 heavy (non-hydrogen) atoms. The van der Waals surface area contributed by atoms with Crippen LogP contribution in [0.1, 0.15) is 19.2 Å². The van der Waals surface area contributed by atoms with Gasteiger partial charge in [-0.1, -0.05) is 11.6 Å². The first-order valence-electron chi connectivity index (χ1n) is 6.78. The molecule has 3 rings (SSSR count). The van der Waals surface area contributed by atoms with Gasteiger partial charge in [-0.2, -0.15) is 0 Å². The minimum absolute atomic E-state index is 0.132. The van der Waals surface area contributed by atoms with Crippen molar-refractivity contribution in [2.24, 2.45) is 0 Å². The minimum Gasteiger partial charge on any atom is -0.321 e. The van der Waals surface area contributed by atoms with E-state index in [0.717, 1.165) is 16.9 Å². The van der Waals surface area contributed by atoms with E-state index in [0.29, 0.717) is 23.7 Å². The fourth-order valence-corrected chi connectivity index (χ4v) is 5.57. The molecule has 0 radical (unpaired) electrons. The van der Waals surface area contributed by atoms with Crippen LogP contribution in [0.4, 0.5) is 0 Å². The van der Waals surface area contributed by atoms with Gasteiger partial charge in [0, 0.05) is 17.3 Å². The summed E-state index contributed by atoms with van der Waals surface area (Å²) in [7, 11) is -3.01. The highest BCUT2D eigenvalue weighted by molar-refractivity contribution is 7.91. The van der Waals surface area contributed by atoms with Crippen LogP contribution in [0, 0.1) is 0 Å². The van der Waals surface area contributed by atoms with Crippen LogP contribution in [0.5, 0.6) is 0 Å². The molecule has 1 fully saturated rings. The van der Waals surface area contributed by atoms with Crippen molar-refractivity contribution < 1.29 is 8.42 Å². The van der Waals surface area contributed by atoms with Crippen LogP contribution < -0.4 is 0 Å². The lowest BCUT2D eigenvalue weighted by atomic mass is 10.0. The summed E-state index contributed by atoms with van der Waals surface area (Å²) < 4.78 is 25.9. The van der Waals surface area contributed by atoms with Gasteiger partial charge in [0.05, 0.1) is 28.1 Å². The maximum atomic E-state index is 11.9. The number of halogens is 2. The molecule has 1 saturated heterocycles. The van der Waals surface area contributed by atoms with E-state index in [1.165, 1.54) is 0 Å². The first kappa shape index (κ1) is 15.1. The van der Waals surface area contributed by atoms with Crippen molar-refractivity contribution in [3.63, 3.8) is 0 Å². The van der Waals surface area contributed by atoms with Crippen LogP contribution in [0.25, 0.3) is 11.0 Å². The van der Waals surface area contributed by atoms with Gasteiger partial charge in [-0.15, -0.1) is 11.6 Å². The number of hydrogen-bond acceptors (Lipinski definition) is 3. The number of sulfone groups is 1. The maximum Gasteiger partial charge on any atom is 0.152 e. The zero-order valence-corrected chi connectivity index (χ0v) is 14.0. The van der Waals surface area contributed by atoms with Gasteiger partial charge in [-0.25, -0.2) is 13.4 Å². The van der Waals surface area contributed by atoms with Crippen molar-refractivity contribution in [3.8, 4) is 0 Å². The van der Waals surface area contributed by atoms with Gasteiger partial charge in [0.25, 0.3) is 0 Å². The van der Waals surface area contributed by atoms with E-state index >= 15 is 0 Å². The van der Waals surface area contributed by atoms with Gasteiger partial charge in [0.1, 0.15) is 5.82 Å². The van der Waals surface area contributed by atoms with E-state index in [1.807, 2.05) is 23.6 Å². The molecule has 114 valence electrons. The summed E-state index contributed by atoms with van der Waals surface area (Å²) in [6.07, 6.45) is 1.19. The fraction of sp³-hybridized carbons (Fsp3) is 0.500. The first-order valence-corrected chi connectivity index (χ1v) is 9.52. The van der Waals surface area contributed by atoms with Gasteiger partial charge in [-0.3, -0.25) is 0 Å². The molecule has 7 heteroatoms. The number of aromatic nitrogens is 2. The summed E-state index contributed by atoms with van der Waals surface area (Å²) >= 11 is 12.0. The number of aryl methyl sites for hydroxylation is 1. The Kier molecular flexibility index (Phi) is 3.71.